The third-order valence-electron chi connectivity index (χ3n) is 2.12. The van der Waals surface area contributed by atoms with Gasteiger partial charge in [0.05, 0.1) is 0 Å². The summed E-state index contributed by atoms with van der Waals surface area (Å²) in [7, 11) is 0. The molecular formula is C10H14O4. The van der Waals surface area contributed by atoms with Crippen LogP contribution in [-0.4, -0.2) is 23.1 Å². The van der Waals surface area contributed by atoms with Crippen LogP contribution in [0, 0.1) is 0 Å². The van der Waals surface area contributed by atoms with E-state index in [4.69, 9.17) is 9.84 Å². The number of hydrogen-bond donors (Lipinski definition) is 1. The lowest BCUT2D eigenvalue weighted by atomic mass is 10.1. The fraction of sp³-hybridized carbons (Fsp3) is 0.600. The molecule has 1 aliphatic heterocycles. The molecule has 4 nitrogen and oxygen atoms in total. The quantitative estimate of drug-likeness (QED) is 0.549. The number of carboxylic acid groups (broad SMARTS) is 1. The van der Waals surface area contributed by atoms with Crippen molar-refractivity contribution in [3.8, 4) is 0 Å². The Bertz CT molecular complexity index is 267. The highest BCUT2D eigenvalue weighted by molar-refractivity contribution is 5.71. The SMILES string of the molecule is C/C(=C\C1CCC(=O)O1)CCC(=O)O. The molecule has 78 valence electrons. The number of ether oxygens (including phenoxy) is 1. The predicted octanol–water partition coefficient (Wildman–Crippen LogP) is 1.50. The monoisotopic (exact) mass is 198 g/mol. The smallest absolute Gasteiger partial charge is 0.306 e. The maximum absolute atomic E-state index is 10.8. The molecule has 0 aliphatic carbocycles. The molecule has 1 atom stereocenters. The van der Waals surface area contributed by atoms with Gasteiger partial charge >= 0.3 is 11.9 Å². The summed E-state index contributed by atoms with van der Waals surface area (Å²) in [5, 5.41) is 8.45. The van der Waals surface area contributed by atoms with Crippen LogP contribution in [0.4, 0.5) is 0 Å². The molecule has 0 amide bonds. The van der Waals surface area contributed by atoms with Gasteiger partial charge < -0.3 is 9.84 Å². The van der Waals surface area contributed by atoms with Crippen molar-refractivity contribution in [3.63, 3.8) is 0 Å². The van der Waals surface area contributed by atoms with Gasteiger partial charge in [-0.25, -0.2) is 0 Å². The lowest BCUT2D eigenvalue weighted by molar-refractivity contribution is -0.140. The minimum absolute atomic E-state index is 0.128. The molecule has 1 N–H and O–H groups in total. The summed E-state index contributed by atoms with van der Waals surface area (Å²) in [6.45, 7) is 1.86. The van der Waals surface area contributed by atoms with Crippen LogP contribution in [0.1, 0.15) is 32.6 Å². The first-order chi connectivity index (χ1) is 6.58. The van der Waals surface area contributed by atoms with Crippen molar-refractivity contribution in [2.75, 3.05) is 0 Å². The van der Waals surface area contributed by atoms with Crippen molar-refractivity contribution < 1.29 is 19.4 Å². The van der Waals surface area contributed by atoms with Crippen LogP contribution in [0.5, 0.6) is 0 Å². The van der Waals surface area contributed by atoms with Gasteiger partial charge in [-0.15, -0.1) is 0 Å². The van der Waals surface area contributed by atoms with E-state index < -0.39 is 5.97 Å². The molecule has 0 aromatic carbocycles. The van der Waals surface area contributed by atoms with Gasteiger partial charge in [0, 0.05) is 12.8 Å². The van der Waals surface area contributed by atoms with Crippen molar-refractivity contribution in [3.05, 3.63) is 11.6 Å². The van der Waals surface area contributed by atoms with E-state index in [9.17, 15) is 9.59 Å². The van der Waals surface area contributed by atoms with Gasteiger partial charge in [0.1, 0.15) is 6.10 Å². The van der Waals surface area contributed by atoms with Gasteiger partial charge in [-0.1, -0.05) is 5.57 Å². The van der Waals surface area contributed by atoms with E-state index in [2.05, 4.69) is 0 Å². The molecule has 1 rings (SSSR count). The van der Waals surface area contributed by atoms with Gasteiger partial charge in [-0.3, -0.25) is 9.59 Å². The Morgan fingerprint density at radius 1 is 1.64 bits per heavy atom. The van der Waals surface area contributed by atoms with Crippen LogP contribution in [-0.2, 0) is 14.3 Å². The second-order valence-electron chi connectivity index (χ2n) is 3.47. The largest absolute Gasteiger partial charge is 0.481 e. The zero-order valence-electron chi connectivity index (χ0n) is 8.16. The lowest BCUT2D eigenvalue weighted by Crippen LogP contribution is -2.04. The van der Waals surface area contributed by atoms with E-state index in [-0.39, 0.29) is 18.5 Å². The Morgan fingerprint density at radius 2 is 2.36 bits per heavy atom. The minimum atomic E-state index is -0.804. The van der Waals surface area contributed by atoms with E-state index in [1.807, 2.05) is 13.0 Å². The molecule has 0 radical (unpaired) electrons. The molecule has 1 heterocycles. The average molecular weight is 198 g/mol. The molecule has 1 saturated heterocycles. The molecule has 14 heavy (non-hydrogen) atoms. The van der Waals surface area contributed by atoms with Crippen molar-refractivity contribution in [1.82, 2.24) is 0 Å². The van der Waals surface area contributed by atoms with Crippen molar-refractivity contribution >= 4 is 11.9 Å². The number of allylic oxidation sites excluding steroid dienone is 1. The summed E-state index contributed by atoms with van der Waals surface area (Å²) in [4.78, 5) is 21.0. The molecular weight excluding hydrogens is 184 g/mol. The van der Waals surface area contributed by atoms with Crippen LogP contribution < -0.4 is 0 Å². The highest BCUT2D eigenvalue weighted by Crippen LogP contribution is 2.17. The molecule has 0 aromatic heterocycles. The maximum Gasteiger partial charge on any atom is 0.306 e. The lowest BCUT2D eigenvalue weighted by Gasteiger charge is -2.05. The fourth-order valence-corrected chi connectivity index (χ4v) is 1.37. The van der Waals surface area contributed by atoms with Crippen LogP contribution >= 0.6 is 0 Å². The topological polar surface area (TPSA) is 63.6 Å². The second-order valence-corrected chi connectivity index (χ2v) is 3.47. The maximum atomic E-state index is 10.8. The molecule has 1 unspecified atom stereocenters. The second kappa shape index (κ2) is 4.79. The summed E-state index contributed by atoms with van der Waals surface area (Å²) in [5.41, 5.74) is 0.965. The average Bonchev–Trinajstić information content (AvgIpc) is 2.48. The normalized spacial score (nSPS) is 22.2. The first-order valence-corrected chi connectivity index (χ1v) is 4.66. The number of cyclic esters (lactones) is 1. The van der Waals surface area contributed by atoms with Gasteiger partial charge in [-0.05, 0) is 25.8 Å². The first kappa shape index (κ1) is 10.8. The zero-order valence-corrected chi connectivity index (χ0v) is 8.16. The van der Waals surface area contributed by atoms with Crippen LogP contribution in [0.2, 0.25) is 0 Å². The number of carboxylic acids is 1. The fourth-order valence-electron chi connectivity index (χ4n) is 1.37. The highest BCUT2D eigenvalue weighted by atomic mass is 16.5. The molecule has 0 bridgehead atoms. The van der Waals surface area contributed by atoms with Crippen molar-refractivity contribution in [2.45, 2.75) is 38.7 Å². The highest BCUT2D eigenvalue weighted by Gasteiger charge is 2.20. The van der Waals surface area contributed by atoms with Crippen LogP contribution in [0.15, 0.2) is 11.6 Å². The van der Waals surface area contributed by atoms with Crippen molar-refractivity contribution in [2.24, 2.45) is 0 Å². The Morgan fingerprint density at radius 3 is 2.86 bits per heavy atom. The van der Waals surface area contributed by atoms with E-state index in [0.717, 1.165) is 5.57 Å². The van der Waals surface area contributed by atoms with Gasteiger partial charge in [0.25, 0.3) is 0 Å². The molecule has 0 spiro atoms. The number of esters is 1. The molecule has 0 saturated carbocycles. The van der Waals surface area contributed by atoms with E-state index in [1.54, 1.807) is 0 Å². The number of carbonyl (C=O) groups excluding carboxylic acids is 1. The Kier molecular flexibility index (Phi) is 3.68. The summed E-state index contributed by atoms with van der Waals surface area (Å²) in [6.07, 6.45) is 3.52. The molecule has 0 aromatic rings. The molecule has 4 heteroatoms. The number of hydrogen-bond acceptors (Lipinski definition) is 3. The van der Waals surface area contributed by atoms with E-state index in [0.29, 0.717) is 19.3 Å². The summed E-state index contributed by atoms with van der Waals surface area (Å²) >= 11 is 0. The number of aliphatic carboxylic acids is 1. The van der Waals surface area contributed by atoms with Gasteiger partial charge in [0.2, 0.25) is 0 Å². The molecule has 1 fully saturated rings. The number of carbonyl (C=O) groups is 2. The Balaban J connectivity index is 2.35. The van der Waals surface area contributed by atoms with E-state index >= 15 is 0 Å². The number of rotatable bonds is 4. The summed E-state index contributed by atoms with van der Waals surface area (Å²) in [6, 6.07) is 0. The zero-order chi connectivity index (χ0) is 10.6. The summed E-state index contributed by atoms with van der Waals surface area (Å²) < 4.78 is 4.98. The first-order valence-electron chi connectivity index (χ1n) is 4.66. The van der Waals surface area contributed by atoms with Crippen molar-refractivity contribution in [1.29, 1.82) is 0 Å². The van der Waals surface area contributed by atoms with Crippen LogP contribution in [0.3, 0.4) is 0 Å². The van der Waals surface area contributed by atoms with Crippen LogP contribution in [0.25, 0.3) is 0 Å². The third kappa shape index (κ3) is 3.60. The van der Waals surface area contributed by atoms with Gasteiger partial charge in [-0.2, -0.15) is 0 Å². The predicted molar refractivity (Wildman–Crippen MR) is 49.7 cm³/mol. The van der Waals surface area contributed by atoms with E-state index in [1.165, 1.54) is 0 Å². The molecule has 1 aliphatic rings. The Labute approximate surface area is 82.6 Å². The standard InChI is InChI=1S/C10H14O4/c1-7(2-4-9(11)12)6-8-3-5-10(13)14-8/h6,8H,2-5H2,1H3,(H,11,12)/b7-6+. The minimum Gasteiger partial charge on any atom is -0.481 e. The Hall–Kier alpha value is -1.32. The summed E-state index contributed by atoms with van der Waals surface area (Å²) in [5.74, 6) is -0.974. The third-order valence-corrected chi connectivity index (χ3v) is 2.12. The van der Waals surface area contributed by atoms with Gasteiger partial charge in [0.15, 0.2) is 0 Å².